The molecule has 53 heavy (non-hydrogen) atoms. The van der Waals surface area contributed by atoms with Crippen LogP contribution in [0.4, 0.5) is 5.69 Å². The number of methoxy groups -OCH3 is 2. The first-order chi connectivity index (χ1) is 25.9. The third-order valence-corrected chi connectivity index (χ3v) is 12.1. The van der Waals surface area contributed by atoms with Crippen molar-refractivity contribution in [3.05, 3.63) is 107 Å². The molecule has 5 aromatic rings. The van der Waals surface area contributed by atoms with Crippen molar-refractivity contribution in [2.24, 2.45) is 5.41 Å². The third kappa shape index (κ3) is 7.00. The van der Waals surface area contributed by atoms with E-state index in [0.29, 0.717) is 40.5 Å². The molecule has 8 rings (SSSR count). The Morgan fingerprint density at radius 3 is 2.53 bits per heavy atom. The van der Waals surface area contributed by atoms with Gasteiger partial charge in [-0.1, -0.05) is 50.2 Å². The maximum atomic E-state index is 12.0. The van der Waals surface area contributed by atoms with Crippen molar-refractivity contribution >= 4 is 23.0 Å². The summed E-state index contributed by atoms with van der Waals surface area (Å²) in [6.07, 6.45) is 9.26. The Kier molecular flexibility index (Phi) is 9.87. The first kappa shape index (κ1) is 35.2. The highest BCUT2D eigenvalue weighted by atomic mass is 16.5. The van der Waals surface area contributed by atoms with E-state index in [1.54, 1.807) is 20.4 Å². The predicted molar refractivity (Wildman–Crippen MR) is 210 cm³/mol. The maximum Gasteiger partial charge on any atom is 0.165 e. The summed E-state index contributed by atoms with van der Waals surface area (Å²) in [6, 6.07) is 26.1. The Labute approximate surface area is 312 Å². The number of H-pyrrole nitrogens is 1. The monoisotopic (exact) mass is 713 g/mol. The lowest BCUT2D eigenvalue weighted by molar-refractivity contribution is -0.0628. The minimum Gasteiger partial charge on any atom is -0.493 e. The molecule has 9 nitrogen and oxygen atoms in total. The molecule has 1 N–H and O–H groups in total. The highest BCUT2D eigenvalue weighted by molar-refractivity contribution is 5.81. The molecule has 4 heterocycles. The lowest BCUT2D eigenvalue weighted by Gasteiger charge is -2.58. The van der Waals surface area contributed by atoms with Gasteiger partial charge < -0.3 is 24.1 Å². The first-order valence-corrected chi connectivity index (χ1v) is 19.1. The summed E-state index contributed by atoms with van der Waals surface area (Å²) in [7, 11) is 3.44. The number of carbonyl (C=O) groups is 1. The molecule has 9 heteroatoms. The molecule has 1 unspecified atom stereocenters. The summed E-state index contributed by atoms with van der Waals surface area (Å²) in [5.74, 6) is 3.26. The fraction of sp³-hybridized carbons (Fsp3) is 0.409. The second kappa shape index (κ2) is 14.9. The number of para-hydroxylation sites is 1. The molecule has 2 aliphatic heterocycles. The number of anilines is 1. The summed E-state index contributed by atoms with van der Waals surface area (Å²) in [6.45, 7) is 10.5. The zero-order chi connectivity index (χ0) is 36.5. The zero-order valence-electron chi connectivity index (χ0n) is 31.4. The molecule has 0 bridgehead atoms. The van der Waals surface area contributed by atoms with E-state index in [2.05, 4.69) is 81.0 Å². The van der Waals surface area contributed by atoms with Crippen LogP contribution in [-0.4, -0.2) is 79.0 Å². The number of aromatic amines is 1. The topological polar surface area (TPSA) is 83.2 Å². The van der Waals surface area contributed by atoms with Gasteiger partial charge in [0.25, 0.3) is 0 Å². The maximum absolute atomic E-state index is 12.0. The van der Waals surface area contributed by atoms with Crippen LogP contribution in [-0.2, 0) is 6.54 Å². The number of hydrogen-bond acceptors (Lipinski definition) is 8. The summed E-state index contributed by atoms with van der Waals surface area (Å²) < 4.78 is 17.7. The minimum atomic E-state index is 0.337. The van der Waals surface area contributed by atoms with Crippen LogP contribution in [0.25, 0.3) is 11.0 Å². The zero-order valence-corrected chi connectivity index (χ0v) is 31.4. The molecule has 3 aromatic carbocycles. The molecule has 276 valence electrons. The Balaban J connectivity index is 0.951. The molecule has 3 fully saturated rings. The fourth-order valence-electron chi connectivity index (χ4n) is 9.20. The van der Waals surface area contributed by atoms with Gasteiger partial charge in [0, 0.05) is 80.3 Å². The van der Waals surface area contributed by atoms with Crippen LogP contribution in [0, 0.1) is 5.41 Å². The molecule has 3 aliphatic rings. The number of piperidine rings is 1. The van der Waals surface area contributed by atoms with Crippen LogP contribution in [0.5, 0.6) is 23.0 Å². The van der Waals surface area contributed by atoms with Gasteiger partial charge in [0.1, 0.15) is 17.1 Å². The second-order valence-electron chi connectivity index (χ2n) is 15.5. The largest absolute Gasteiger partial charge is 0.493 e. The van der Waals surface area contributed by atoms with E-state index >= 15 is 0 Å². The van der Waals surface area contributed by atoms with E-state index in [0.717, 1.165) is 73.8 Å². The number of nitrogens with one attached hydrogen (secondary N) is 1. The van der Waals surface area contributed by atoms with Gasteiger partial charge in [0.05, 0.1) is 26.0 Å². The lowest BCUT2D eigenvalue weighted by Crippen LogP contribution is -2.60. The van der Waals surface area contributed by atoms with E-state index in [1.807, 2.05) is 36.5 Å². The number of nitrogens with zero attached hydrogens (tertiary/aromatic N) is 4. The summed E-state index contributed by atoms with van der Waals surface area (Å²) in [5, 5.41) is 0.970. The number of fused-ring (bicyclic) bond motifs is 1. The number of aromatic nitrogens is 2. The van der Waals surface area contributed by atoms with Crippen molar-refractivity contribution in [2.75, 3.05) is 51.8 Å². The number of rotatable bonds is 11. The first-order valence-electron chi connectivity index (χ1n) is 19.1. The summed E-state index contributed by atoms with van der Waals surface area (Å²) in [5.41, 5.74) is 6.92. The summed E-state index contributed by atoms with van der Waals surface area (Å²) in [4.78, 5) is 27.4. The number of benzene rings is 3. The molecule has 2 saturated heterocycles. The van der Waals surface area contributed by atoms with Crippen LogP contribution in [0.2, 0.25) is 0 Å². The van der Waals surface area contributed by atoms with Crippen molar-refractivity contribution in [3.63, 3.8) is 0 Å². The average Bonchev–Trinajstić information content (AvgIpc) is 3.65. The third-order valence-electron chi connectivity index (χ3n) is 12.1. The molecule has 0 radical (unpaired) electrons. The van der Waals surface area contributed by atoms with Gasteiger partial charge in [0.15, 0.2) is 17.8 Å². The normalized spacial score (nSPS) is 19.4. The van der Waals surface area contributed by atoms with Crippen LogP contribution in [0.1, 0.15) is 78.5 Å². The van der Waals surface area contributed by atoms with E-state index in [9.17, 15) is 4.79 Å². The Bertz CT molecular complexity index is 2060. The van der Waals surface area contributed by atoms with E-state index < -0.39 is 0 Å². The van der Waals surface area contributed by atoms with Gasteiger partial charge in [-0.05, 0) is 78.5 Å². The number of piperazine rings is 1. The van der Waals surface area contributed by atoms with Crippen molar-refractivity contribution < 1.29 is 19.0 Å². The number of aldehydes is 1. The van der Waals surface area contributed by atoms with E-state index in [4.69, 9.17) is 14.2 Å². The lowest BCUT2D eigenvalue weighted by atomic mass is 9.59. The Hall–Kier alpha value is -4.86. The molecular weight excluding hydrogens is 663 g/mol. The van der Waals surface area contributed by atoms with Crippen molar-refractivity contribution in [3.8, 4) is 23.0 Å². The van der Waals surface area contributed by atoms with Gasteiger partial charge in [-0.25, -0.2) is 4.98 Å². The van der Waals surface area contributed by atoms with Gasteiger partial charge in [-0.3, -0.25) is 14.6 Å². The highest BCUT2D eigenvalue weighted by Gasteiger charge is 2.50. The second-order valence-corrected chi connectivity index (χ2v) is 15.5. The van der Waals surface area contributed by atoms with Crippen molar-refractivity contribution in [1.82, 2.24) is 19.8 Å². The molecule has 1 aliphatic carbocycles. The number of hydrogen-bond donors (Lipinski definition) is 1. The van der Waals surface area contributed by atoms with Gasteiger partial charge in [-0.15, -0.1) is 0 Å². The SMILES string of the molecule is COc1cccc(CN2CCN(C3CC4(CCN(c5ccc(C=O)c(Oc6cnc7[nH]ccc7c6)c5)CC4)C3)C(c3ccccc3C(C)C)C2)c1OC. The average molecular weight is 714 g/mol. The van der Waals surface area contributed by atoms with E-state index in [1.165, 1.54) is 42.4 Å². The van der Waals surface area contributed by atoms with Crippen LogP contribution in [0.15, 0.2) is 85.2 Å². The van der Waals surface area contributed by atoms with Gasteiger partial charge in [-0.2, -0.15) is 0 Å². The quantitative estimate of drug-likeness (QED) is 0.136. The van der Waals surface area contributed by atoms with Crippen molar-refractivity contribution in [1.29, 1.82) is 0 Å². The number of pyridine rings is 1. The molecule has 1 saturated carbocycles. The smallest absolute Gasteiger partial charge is 0.165 e. The highest BCUT2D eigenvalue weighted by Crippen LogP contribution is 2.53. The van der Waals surface area contributed by atoms with Gasteiger partial charge in [0.2, 0.25) is 0 Å². The standard InChI is InChI=1S/C44H51N5O4/c1-30(2)37-9-5-6-10-38(37)39-28-47(27-32-8-7-11-40(51-3)42(32)52-4)20-21-49(39)35-24-44(25-35)15-18-48(19-16-44)34-13-12-33(29-50)41(23-34)53-36-22-31-14-17-45-43(31)46-26-36/h5-14,17,22-23,26,29-30,35,39H,15-16,18-21,24-25,27-28H2,1-4H3,(H,45,46). The Morgan fingerprint density at radius 2 is 1.75 bits per heavy atom. The van der Waals surface area contributed by atoms with Crippen LogP contribution in [0.3, 0.4) is 0 Å². The molecule has 0 amide bonds. The molecule has 2 aromatic heterocycles. The fourth-order valence-corrected chi connectivity index (χ4v) is 9.20. The van der Waals surface area contributed by atoms with Gasteiger partial charge >= 0.3 is 0 Å². The van der Waals surface area contributed by atoms with Crippen LogP contribution < -0.4 is 19.1 Å². The number of ether oxygens (including phenoxy) is 3. The molecule has 1 spiro atoms. The minimum absolute atomic E-state index is 0.337. The molecule has 1 atom stereocenters. The van der Waals surface area contributed by atoms with Crippen molar-refractivity contribution in [2.45, 2.75) is 64.1 Å². The van der Waals surface area contributed by atoms with E-state index in [-0.39, 0.29) is 0 Å². The predicted octanol–water partition coefficient (Wildman–Crippen LogP) is 8.62. The summed E-state index contributed by atoms with van der Waals surface area (Å²) >= 11 is 0. The van der Waals surface area contributed by atoms with Crippen LogP contribution >= 0.6 is 0 Å². The Morgan fingerprint density at radius 1 is 0.925 bits per heavy atom. The molecular formula is C44H51N5O4. The number of carbonyl (C=O) groups excluding carboxylic acids is 1.